The Bertz CT molecular complexity index is 560. The molecular weight excluding hydrogens is 242 g/mol. The molecule has 1 aromatic heterocycles. The van der Waals surface area contributed by atoms with Gasteiger partial charge in [0.05, 0.1) is 19.4 Å². The van der Waals surface area contributed by atoms with Crippen LogP contribution < -0.4 is 4.74 Å². The highest BCUT2D eigenvalue weighted by atomic mass is 16.5. The van der Waals surface area contributed by atoms with Gasteiger partial charge in [-0.1, -0.05) is 12.1 Å². The Morgan fingerprint density at radius 3 is 2.74 bits per heavy atom. The first-order valence-corrected chi connectivity index (χ1v) is 6.04. The number of carbonyl (C=O) groups excluding carboxylic acids is 1. The molecular formula is C15H17NO3. The molecule has 0 radical (unpaired) electrons. The number of methoxy groups -OCH3 is 2. The molecule has 0 atom stereocenters. The summed E-state index contributed by atoms with van der Waals surface area (Å²) in [5.74, 6) is 0.811. The normalized spacial score (nSPS) is 10.4. The van der Waals surface area contributed by atoms with E-state index in [4.69, 9.17) is 9.47 Å². The first-order chi connectivity index (χ1) is 9.28. The molecule has 100 valence electrons. The van der Waals surface area contributed by atoms with Gasteiger partial charge < -0.3 is 14.0 Å². The van der Waals surface area contributed by atoms with Crippen molar-refractivity contribution in [2.45, 2.75) is 13.2 Å². The molecule has 0 N–H and O–H groups in total. The lowest BCUT2D eigenvalue weighted by molar-refractivity contribution is 0.111. The van der Waals surface area contributed by atoms with Crippen molar-refractivity contribution < 1.29 is 14.3 Å². The van der Waals surface area contributed by atoms with Gasteiger partial charge in [0.1, 0.15) is 5.75 Å². The van der Waals surface area contributed by atoms with Crippen molar-refractivity contribution in [3.63, 3.8) is 0 Å². The zero-order valence-electron chi connectivity index (χ0n) is 11.1. The lowest BCUT2D eigenvalue weighted by Crippen LogP contribution is -2.08. The van der Waals surface area contributed by atoms with E-state index in [2.05, 4.69) is 0 Å². The average molecular weight is 259 g/mol. The second kappa shape index (κ2) is 6.20. The van der Waals surface area contributed by atoms with Crippen LogP contribution in [0, 0.1) is 0 Å². The van der Waals surface area contributed by atoms with E-state index >= 15 is 0 Å². The van der Waals surface area contributed by atoms with Crippen LogP contribution in [0.15, 0.2) is 36.4 Å². The number of benzene rings is 1. The second-order valence-corrected chi connectivity index (χ2v) is 4.24. The molecule has 0 saturated carbocycles. The lowest BCUT2D eigenvalue weighted by Gasteiger charge is -2.11. The van der Waals surface area contributed by atoms with E-state index in [0.717, 1.165) is 23.3 Å². The number of aromatic nitrogens is 1. The molecule has 0 aliphatic carbocycles. The molecule has 0 aliphatic rings. The van der Waals surface area contributed by atoms with E-state index in [1.165, 1.54) is 0 Å². The zero-order chi connectivity index (χ0) is 13.7. The Morgan fingerprint density at radius 2 is 2.05 bits per heavy atom. The molecule has 0 saturated heterocycles. The molecule has 0 unspecified atom stereocenters. The van der Waals surface area contributed by atoms with Gasteiger partial charge in [-0.3, -0.25) is 4.79 Å². The summed E-state index contributed by atoms with van der Waals surface area (Å²) >= 11 is 0. The summed E-state index contributed by atoms with van der Waals surface area (Å²) in [5.41, 5.74) is 2.71. The van der Waals surface area contributed by atoms with E-state index < -0.39 is 0 Å². The molecule has 2 aromatic rings. The standard InChI is InChI=1S/C15H17NO3/c1-18-11-14-7-6-13(10-17)16(14)9-12-4-3-5-15(8-12)19-2/h3-8,10H,9,11H2,1-2H3. The van der Waals surface area contributed by atoms with Crippen LogP contribution in [-0.2, 0) is 17.9 Å². The predicted octanol–water partition coefficient (Wildman–Crippen LogP) is 2.50. The number of rotatable bonds is 6. The molecule has 0 spiro atoms. The van der Waals surface area contributed by atoms with Crippen molar-refractivity contribution >= 4 is 6.29 Å². The first-order valence-electron chi connectivity index (χ1n) is 6.04. The first kappa shape index (κ1) is 13.4. The van der Waals surface area contributed by atoms with E-state index in [1.54, 1.807) is 14.2 Å². The fraction of sp³-hybridized carbons (Fsp3) is 0.267. The van der Waals surface area contributed by atoms with Gasteiger partial charge in [-0.2, -0.15) is 0 Å². The predicted molar refractivity (Wildman–Crippen MR) is 72.6 cm³/mol. The molecule has 0 amide bonds. The Morgan fingerprint density at radius 1 is 1.21 bits per heavy atom. The van der Waals surface area contributed by atoms with Crippen molar-refractivity contribution in [1.29, 1.82) is 0 Å². The van der Waals surface area contributed by atoms with Crippen molar-refractivity contribution in [1.82, 2.24) is 4.57 Å². The van der Waals surface area contributed by atoms with Gasteiger partial charge >= 0.3 is 0 Å². The van der Waals surface area contributed by atoms with E-state index in [0.29, 0.717) is 18.8 Å². The Labute approximate surface area is 112 Å². The fourth-order valence-electron chi connectivity index (χ4n) is 2.05. The molecule has 0 aliphatic heterocycles. The number of carbonyl (C=O) groups is 1. The summed E-state index contributed by atoms with van der Waals surface area (Å²) in [6.07, 6.45) is 0.860. The molecule has 4 heteroatoms. The van der Waals surface area contributed by atoms with Gasteiger partial charge in [0.25, 0.3) is 0 Å². The fourth-order valence-corrected chi connectivity index (χ4v) is 2.05. The Balaban J connectivity index is 2.30. The van der Waals surface area contributed by atoms with E-state index in [9.17, 15) is 4.79 Å². The van der Waals surface area contributed by atoms with Crippen LogP contribution in [-0.4, -0.2) is 25.1 Å². The Hall–Kier alpha value is -2.07. The van der Waals surface area contributed by atoms with Crippen LogP contribution in [0.25, 0.3) is 0 Å². The number of ether oxygens (including phenoxy) is 2. The summed E-state index contributed by atoms with van der Waals surface area (Å²) in [5, 5.41) is 0. The van der Waals surface area contributed by atoms with E-state index in [1.807, 2.05) is 41.0 Å². The monoisotopic (exact) mass is 259 g/mol. The summed E-state index contributed by atoms with van der Waals surface area (Å²) in [4.78, 5) is 11.1. The quantitative estimate of drug-likeness (QED) is 0.748. The van der Waals surface area contributed by atoms with Crippen LogP contribution in [0.1, 0.15) is 21.7 Å². The van der Waals surface area contributed by atoms with Crippen LogP contribution in [0.5, 0.6) is 5.75 Å². The Kier molecular flexibility index (Phi) is 4.36. The maximum atomic E-state index is 11.1. The minimum Gasteiger partial charge on any atom is -0.497 e. The van der Waals surface area contributed by atoms with Crippen molar-refractivity contribution in [2.24, 2.45) is 0 Å². The third-order valence-corrected chi connectivity index (χ3v) is 2.99. The summed E-state index contributed by atoms with van der Waals surface area (Å²) in [6, 6.07) is 11.5. The molecule has 0 fully saturated rings. The highest BCUT2D eigenvalue weighted by molar-refractivity contribution is 5.72. The lowest BCUT2D eigenvalue weighted by atomic mass is 10.2. The highest BCUT2D eigenvalue weighted by Crippen LogP contribution is 2.17. The van der Waals surface area contributed by atoms with Crippen LogP contribution in [0.3, 0.4) is 0 Å². The van der Waals surface area contributed by atoms with Crippen molar-refractivity contribution in [2.75, 3.05) is 14.2 Å². The van der Waals surface area contributed by atoms with Crippen LogP contribution in [0.4, 0.5) is 0 Å². The minimum absolute atomic E-state index is 0.484. The molecule has 19 heavy (non-hydrogen) atoms. The summed E-state index contributed by atoms with van der Waals surface area (Å²) in [6.45, 7) is 1.11. The van der Waals surface area contributed by atoms with Gasteiger partial charge in [0.15, 0.2) is 6.29 Å². The number of nitrogens with zero attached hydrogens (tertiary/aromatic N) is 1. The van der Waals surface area contributed by atoms with Crippen LogP contribution in [0.2, 0.25) is 0 Å². The minimum atomic E-state index is 0.484. The smallest absolute Gasteiger partial charge is 0.166 e. The van der Waals surface area contributed by atoms with Gasteiger partial charge in [-0.15, -0.1) is 0 Å². The highest BCUT2D eigenvalue weighted by Gasteiger charge is 2.08. The van der Waals surface area contributed by atoms with E-state index in [-0.39, 0.29) is 0 Å². The number of hydrogen-bond donors (Lipinski definition) is 0. The zero-order valence-corrected chi connectivity index (χ0v) is 11.1. The molecule has 1 aromatic carbocycles. The average Bonchev–Trinajstić information content (AvgIpc) is 2.82. The van der Waals surface area contributed by atoms with Crippen molar-refractivity contribution in [3.05, 3.63) is 53.3 Å². The molecule has 1 heterocycles. The van der Waals surface area contributed by atoms with Crippen molar-refractivity contribution in [3.8, 4) is 5.75 Å². The van der Waals surface area contributed by atoms with Gasteiger partial charge in [0.2, 0.25) is 0 Å². The van der Waals surface area contributed by atoms with Gasteiger partial charge in [-0.05, 0) is 29.8 Å². The topological polar surface area (TPSA) is 40.5 Å². The second-order valence-electron chi connectivity index (χ2n) is 4.24. The largest absolute Gasteiger partial charge is 0.497 e. The summed E-state index contributed by atoms with van der Waals surface area (Å²) < 4.78 is 12.3. The maximum Gasteiger partial charge on any atom is 0.166 e. The maximum absolute atomic E-state index is 11.1. The van der Waals surface area contributed by atoms with Gasteiger partial charge in [-0.25, -0.2) is 0 Å². The number of hydrogen-bond acceptors (Lipinski definition) is 3. The van der Waals surface area contributed by atoms with Crippen LogP contribution >= 0.6 is 0 Å². The summed E-state index contributed by atoms with van der Waals surface area (Å²) in [7, 11) is 3.28. The molecule has 4 nitrogen and oxygen atoms in total. The molecule has 0 bridgehead atoms. The third-order valence-electron chi connectivity index (χ3n) is 2.99. The molecule has 2 rings (SSSR count). The van der Waals surface area contributed by atoms with Gasteiger partial charge in [0, 0.05) is 19.3 Å². The third kappa shape index (κ3) is 3.03. The number of aldehydes is 1. The SMILES string of the molecule is COCc1ccc(C=O)n1Cc1cccc(OC)c1.